The van der Waals surface area contributed by atoms with Gasteiger partial charge in [-0.15, -0.1) is 11.3 Å². The molecule has 3 heterocycles. The fourth-order valence-corrected chi connectivity index (χ4v) is 4.69. The summed E-state index contributed by atoms with van der Waals surface area (Å²) in [5.74, 6) is 0.101. The predicted molar refractivity (Wildman–Crippen MR) is 114 cm³/mol. The van der Waals surface area contributed by atoms with Crippen molar-refractivity contribution in [1.82, 2.24) is 19.7 Å². The molecule has 1 N–H and O–H groups in total. The minimum atomic E-state index is -0.0478. The Kier molecular flexibility index (Phi) is 5.62. The molecule has 1 aliphatic rings. The van der Waals surface area contributed by atoms with Crippen LogP contribution >= 0.6 is 11.3 Å². The van der Waals surface area contributed by atoms with E-state index in [1.807, 2.05) is 43.1 Å². The van der Waals surface area contributed by atoms with Gasteiger partial charge in [-0.3, -0.25) is 14.3 Å². The van der Waals surface area contributed by atoms with Crippen LogP contribution < -0.4 is 5.32 Å². The van der Waals surface area contributed by atoms with E-state index in [9.17, 15) is 9.59 Å². The monoisotopic (exact) mass is 411 g/mol. The van der Waals surface area contributed by atoms with Crippen LogP contribution in [0.15, 0.2) is 30.5 Å². The molecule has 3 aromatic rings. The number of amides is 2. The first kappa shape index (κ1) is 19.6. The second kappa shape index (κ2) is 8.32. The third-order valence-electron chi connectivity index (χ3n) is 5.24. The van der Waals surface area contributed by atoms with Crippen LogP contribution in [0.5, 0.6) is 0 Å². The molecule has 2 aromatic heterocycles. The number of fused-ring (bicyclic) bond motifs is 1. The van der Waals surface area contributed by atoms with Crippen LogP contribution in [-0.2, 0) is 11.3 Å². The van der Waals surface area contributed by atoms with Gasteiger partial charge in [-0.2, -0.15) is 5.10 Å². The lowest BCUT2D eigenvalue weighted by Crippen LogP contribution is -2.41. The highest BCUT2D eigenvalue weighted by Crippen LogP contribution is 2.26. The SMILES string of the molecule is CCn1ccc(C(=O)N2CCCC(CC(=O)Nc3ccc4nc(C)sc4c3)C2)n1. The molecule has 1 saturated heterocycles. The van der Waals surface area contributed by atoms with Crippen molar-refractivity contribution in [2.24, 2.45) is 5.92 Å². The van der Waals surface area contributed by atoms with Gasteiger partial charge in [0.05, 0.1) is 15.2 Å². The van der Waals surface area contributed by atoms with Crippen LogP contribution in [0.3, 0.4) is 0 Å². The fourth-order valence-electron chi connectivity index (χ4n) is 3.82. The van der Waals surface area contributed by atoms with Gasteiger partial charge in [0.2, 0.25) is 5.91 Å². The zero-order valence-electron chi connectivity index (χ0n) is 16.7. The number of thiazole rings is 1. The second-order valence-corrected chi connectivity index (χ2v) is 8.72. The van der Waals surface area contributed by atoms with Gasteiger partial charge in [-0.25, -0.2) is 4.98 Å². The summed E-state index contributed by atoms with van der Waals surface area (Å²) in [6, 6.07) is 7.56. The summed E-state index contributed by atoms with van der Waals surface area (Å²) in [6.07, 6.45) is 4.09. The number of nitrogens with one attached hydrogen (secondary N) is 1. The molecule has 0 spiro atoms. The van der Waals surface area contributed by atoms with Gasteiger partial charge in [0, 0.05) is 37.9 Å². The first-order valence-electron chi connectivity index (χ1n) is 10.0. The number of carbonyl (C=O) groups excluding carboxylic acids is 2. The van der Waals surface area contributed by atoms with E-state index in [1.165, 1.54) is 0 Å². The molecule has 1 aromatic carbocycles. The van der Waals surface area contributed by atoms with Gasteiger partial charge < -0.3 is 10.2 Å². The zero-order chi connectivity index (χ0) is 20.4. The van der Waals surface area contributed by atoms with E-state index < -0.39 is 0 Å². The minimum Gasteiger partial charge on any atom is -0.337 e. The van der Waals surface area contributed by atoms with Crippen molar-refractivity contribution in [3.05, 3.63) is 41.2 Å². The fraction of sp³-hybridized carbons (Fsp3) is 0.429. The number of aromatic nitrogens is 3. The van der Waals surface area contributed by atoms with E-state index in [-0.39, 0.29) is 17.7 Å². The highest BCUT2D eigenvalue weighted by atomic mass is 32.1. The van der Waals surface area contributed by atoms with Crippen LogP contribution in [0.25, 0.3) is 10.2 Å². The Labute approximate surface area is 173 Å². The number of likely N-dealkylation sites (tertiary alicyclic amines) is 1. The second-order valence-electron chi connectivity index (χ2n) is 7.48. The highest BCUT2D eigenvalue weighted by Gasteiger charge is 2.27. The molecule has 1 aliphatic heterocycles. The van der Waals surface area contributed by atoms with Crippen molar-refractivity contribution in [3.8, 4) is 0 Å². The normalized spacial score (nSPS) is 16.9. The van der Waals surface area contributed by atoms with E-state index >= 15 is 0 Å². The van der Waals surface area contributed by atoms with Crippen molar-refractivity contribution >= 4 is 39.1 Å². The largest absolute Gasteiger partial charge is 0.337 e. The summed E-state index contributed by atoms with van der Waals surface area (Å²) in [5, 5.41) is 8.33. The number of carbonyl (C=O) groups is 2. The van der Waals surface area contributed by atoms with Crippen molar-refractivity contribution in [2.75, 3.05) is 18.4 Å². The molecule has 0 saturated carbocycles. The maximum absolute atomic E-state index is 12.7. The summed E-state index contributed by atoms with van der Waals surface area (Å²) in [5.41, 5.74) is 2.22. The van der Waals surface area contributed by atoms with Crippen molar-refractivity contribution in [3.63, 3.8) is 0 Å². The lowest BCUT2D eigenvalue weighted by Gasteiger charge is -2.32. The van der Waals surface area contributed by atoms with E-state index in [0.717, 1.165) is 46.8 Å². The van der Waals surface area contributed by atoms with Gasteiger partial charge in [-0.05, 0) is 56.9 Å². The molecule has 4 rings (SSSR count). The van der Waals surface area contributed by atoms with Crippen LogP contribution in [0.1, 0.15) is 41.7 Å². The molecule has 2 amide bonds. The molecule has 0 bridgehead atoms. The standard InChI is InChI=1S/C21H25N5O2S/c1-3-26-10-8-18(24-26)21(28)25-9-4-5-15(13-25)11-20(27)23-16-6-7-17-19(12-16)29-14(2)22-17/h6-8,10,12,15H,3-5,9,11,13H2,1-2H3,(H,23,27). The number of anilines is 1. The Balaban J connectivity index is 1.35. The van der Waals surface area contributed by atoms with Gasteiger partial charge in [0.15, 0.2) is 0 Å². The summed E-state index contributed by atoms with van der Waals surface area (Å²) in [7, 11) is 0. The van der Waals surface area contributed by atoms with E-state index in [1.54, 1.807) is 22.1 Å². The Hall–Kier alpha value is -2.74. The molecular weight excluding hydrogens is 386 g/mol. The number of hydrogen-bond acceptors (Lipinski definition) is 5. The van der Waals surface area contributed by atoms with Crippen LogP contribution in [-0.4, -0.2) is 44.6 Å². The molecule has 29 heavy (non-hydrogen) atoms. The predicted octanol–water partition coefficient (Wildman–Crippen LogP) is 3.70. The van der Waals surface area contributed by atoms with Crippen LogP contribution in [0, 0.1) is 12.8 Å². The zero-order valence-corrected chi connectivity index (χ0v) is 17.5. The molecular formula is C21H25N5O2S. The van der Waals surface area contributed by atoms with E-state index in [4.69, 9.17) is 0 Å². The number of benzene rings is 1. The molecule has 7 nitrogen and oxygen atoms in total. The van der Waals surface area contributed by atoms with E-state index in [0.29, 0.717) is 18.7 Å². The molecule has 1 unspecified atom stereocenters. The molecule has 0 radical (unpaired) electrons. The molecule has 1 atom stereocenters. The van der Waals surface area contributed by atoms with E-state index in [2.05, 4.69) is 15.4 Å². The number of piperidine rings is 1. The van der Waals surface area contributed by atoms with Gasteiger partial charge in [0.1, 0.15) is 5.69 Å². The number of nitrogens with zero attached hydrogens (tertiary/aromatic N) is 4. The summed E-state index contributed by atoms with van der Waals surface area (Å²) in [4.78, 5) is 31.6. The lowest BCUT2D eigenvalue weighted by atomic mass is 9.94. The first-order valence-corrected chi connectivity index (χ1v) is 10.8. The molecule has 152 valence electrons. The first-order chi connectivity index (χ1) is 14.0. The smallest absolute Gasteiger partial charge is 0.274 e. The van der Waals surface area contributed by atoms with Crippen LogP contribution in [0.4, 0.5) is 5.69 Å². The lowest BCUT2D eigenvalue weighted by molar-refractivity contribution is -0.117. The maximum atomic E-state index is 12.7. The Morgan fingerprint density at radius 1 is 1.31 bits per heavy atom. The minimum absolute atomic E-state index is 0.0138. The average Bonchev–Trinajstić information content (AvgIpc) is 3.32. The van der Waals surface area contributed by atoms with Crippen molar-refractivity contribution in [1.29, 1.82) is 0 Å². The van der Waals surface area contributed by atoms with Crippen LogP contribution in [0.2, 0.25) is 0 Å². The number of rotatable bonds is 5. The number of hydrogen-bond donors (Lipinski definition) is 1. The maximum Gasteiger partial charge on any atom is 0.274 e. The Morgan fingerprint density at radius 3 is 2.97 bits per heavy atom. The average molecular weight is 412 g/mol. The summed E-state index contributed by atoms with van der Waals surface area (Å²) in [6.45, 7) is 6.02. The van der Waals surface area contributed by atoms with Crippen molar-refractivity contribution < 1.29 is 9.59 Å². The molecule has 0 aliphatic carbocycles. The van der Waals surface area contributed by atoms with Gasteiger partial charge in [-0.1, -0.05) is 0 Å². The quantitative estimate of drug-likeness (QED) is 0.694. The third-order valence-corrected chi connectivity index (χ3v) is 6.18. The molecule has 8 heteroatoms. The summed E-state index contributed by atoms with van der Waals surface area (Å²) >= 11 is 1.62. The third kappa shape index (κ3) is 4.48. The Bertz CT molecular complexity index is 1040. The van der Waals surface area contributed by atoms with Gasteiger partial charge >= 0.3 is 0 Å². The van der Waals surface area contributed by atoms with Gasteiger partial charge in [0.25, 0.3) is 5.91 Å². The highest BCUT2D eigenvalue weighted by molar-refractivity contribution is 7.18. The van der Waals surface area contributed by atoms with Crippen molar-refractivity contribution in [2.45, 2.75) is 39.7 Å². The Morgan fingerprint density at radius 2 is 2.17 bits per heavy atom. The topological polar surface area (TPSA) is 80.1 Å². The molecule has 1 fully saturated rings. The summed E-state index contributed by atoms with van der Waals surface area (Å²) < 4.78 is 2.82. The number of aryl methyl sites for hydroxylation is 2.